The summed E-state index contributed by atoms with van der Waals surface area (Å²) in [5, 5.41) is 3.35. The molecule has 0 unspecified atom stereocenters. The van der Waals surface area contributed by atoms with Gasteiger partial charge in [0.2, 0.25) is 0 Å². The number of aromatic nitrogens is 2. The van der Waals surface area contributed by atoms with E-state index in [2.05, 4.69) is 10.3 Å². The number of alkyl halides is 3. The molecular weight excluding hydrogens is 426 g/mol. The molecule has 0 saturated heterocycles. The summed E-state index contributed by atoms with van der Waals surface area (Å²) in [4.78, 5) is 17.1. The van der Waals surface area contributed by atoms with Crippen molar-refractivity contribution in [2.75, 3.05) is 6.54 Å². The van der Waals surface area contributed by atoms with Crippen molar-refractivity contribution in [2.24, 2.45) is 0 Å². The third-order valence-corrected chi connectivity index (χ3v) is 5.54. The number of hydrogen-bond acceptors (Lipinski definition) is 3. The van der Waals surface area contributed by atoms with E-state index in [4.69, 9.17) is 23.2 Å². The monoisotopic (exact) mass is 439 g/mol. The molecule has 1 aromatic heterocycles. The number of hydrogen-bond donors (Lipinski definition) is 1. The number of carbonyl (C=O) groups is 1. The van der Waals surface area contributed by atoms with Gasteiger partial charge >= 0.3 is 6.30 Å². The smallest absolute Gasteiger partial charge is 0.311 e. The number of halogens is 5. The van der Waals surface area contributed by atoms with Crippen molar-refractivity contribution in [1.82, 2.24) is 14.9 Å². The van der Waals surface area contributed by atoms with Crippen molar-refractivity contribution < 1.29 is 18.0 Å². The first-order valence-corrected chi connectivity index (χ1v) is 9.50. The summed E-state index contributed by atoms with van der Waals surface area (Å²) in [5.41, 5.74) is 1.07. The van der Waals surface area contributed by atoms with Crippen LogP contribution in [0.5, 0.6) is 0 Å². The minimum Gasteiger partial charge on any atom is -0.311 e. The van der Waals surface area contributed by atoms with Gasteiger partial charge in [0.05, 0.1) is 21.4 Å². The Hall–Kier alpha value is -2.35. The second kappa shape index (κ2) is 7.48. The predicted octanol–water partition coefficient (Wildman–Crippen LogP) is 5.21. The highest BCUT2D eigenvalue weighted by atomic mass is 35.5. The second-order valence-corrected chi connectivity index (χ2v) is 7.36. The van der Waals surface area contributed by atoms with E-state index < -0.39 is 12.1 Å². The van der Waals surface area contributed by atoms with Gasteiger partial charge < -0.3 is 5.32 Å². The van der Waals surface area contributed by atoms with Gasteiger partial charge in [0, 0.05) is 36.2 Å². The largest absolute Gasteiger partial charge is 0.490 e. The van der Waals surface area contributed by atoms with Gasteiger partial charge in [-0.2, -0.15) is 0 Å². The Labute approximate surface area is 174 Å². The van der Waals surface area contributed by atoms with Gasteiger partial charge in [-0.15, -0.1) is 13.2 Å². The average Bonchev–Trinajstić information content (AvgIpc) is 3.10. The van der Waals surface area contributed by atoms with E-state index in [1.807, 2.05) is 0 Å². The summed E-state index contributed by atoms with van der Waals surface area (Å²) in [5.74, 6) is -0.672. The van der Waals surface area contributed by atoms with Crippen molar-refractivity contribution >= 4 is 29.0 Å². The number of nitrogens with zero attached hydrogens (tertiary/aromatic N) is 2. The molecule has 0 aliphatic carbocycles. The molecule has 3 aromatic rings. The summed E-state index contributed by atoms with van der Waals surface area (Å²) in [6, 6.07) is 10.6. The average molecular weight is 440 g/mol. The number of rotatable bonds is 3. The van der Waals surface area contributed by atoms with E-state index in [0.717, 1.165) is 0 Å². The molecule has 2 aromatic carbocycles. The second-order valence-electron chi connectivity index (χ2n) is 6.57. The Bertz CT molecular complexity index is 1110. The molecule has 0 amide bonds. The van der Waals surface area contributed by atoms with Crippen LogP contribution in [0.2, 0.25) is 10.0 Å². The Kier molecular flexibility index (Phi) is 5.14. The van der Waals surface area contributed by atoms with Gasteiger partial charge in [-0.1, -0.05) is 47.5 Å². The fourth-order valence-corrected chi connectivity index (χ4v) is 3.80. The van der Waals surface area contributed by atoms with Crippen LogP contribution in [0, 0.1) is 0 Å². The van der Waals surface area contributed by atoms with Gasteiger partial charge in [-0.25, -0.2) is 9.55 Å². The molecular formula is C20H14Cl2F3N3O. The van der Waals surface area contributed by atoms with Crippen molar-refractivity contribution in [3.05, 3.63) is 75.0 Å². The number of fused-ring (bicyclic) bond motifs is 1. The Morgan fingerprint density at radius 2 is 1.90 bits per heavy atom. The summed E-state index contributed by atoms with van der Waals surface area (Å²) in [6.07, 6.45) is -4.40. The molecule has 1 aliphatic rings. The lowest BCUT2D eigenvalue weighted by Gasteiger charge is -2.18. The highest BCUT2D eigenvalue weighted by Gasteiger charge is 2.38. The van der Waals surface area contributed by atoms with Crippen LogP contribution in [0.3, 0.4) is 0 Å². The maximum Gasteiger partial charge on any atom is 0.490 e. The third kappa shape index (κ3) is 3.66. The molecule has 4 rings (SSSR count). The van der Waals surface area contributed by atoms with Crippen LogP contribution < -0.4 is 5.32 Å². The van der Waals surface area contributed by atoms with Crippen molar-refractivity contribution in [3.63, 3.8) is 0 Å². The van der Waals surface area contributed by atoms with Crippen LogP contribution in [0.1, 0.15) is 27.3 Å². The zero-order valence-corrected chi connectivity index (χ0v) is 16.4. The van der Waals surface area contributed by atoms with Crippen LogP contribution >= 0.6 is 23.2 Å². The fourth-order valence-electron chi connectivity index (χ4n) is 3.41. The number of carbonyl (C=O) groups excluding carboxylic acids is 1. The van der Waals surface area contributed by atoms with E-state index in [0.29, 0.717) is 16.8 Å². The minimum atomic E-state index is -4.62. The first-order valence-electron chi connectivity index (χ1n) is 8.75. The number of nitrogens with one attached hydrogen (secondary N) is 1. The first kappa shape index (κ1) is 19.9. The molecule has 150 valence electrons. The minimum absolute atomic E-state index is 0.0999. The molecule has 0 fully saturated rings. The summed E-state index contributed by atoms with van der Waals surface area (Å²) < 4.78 is 41.6. The molecule has 0 atom stereocenters. The quantitative estimate of drug-likeness (QED) is 0.569. The van der Waals surface area contributed by atoms with Crippen LogP contribution in [0.15, 0.2) is 42.5 Å². The normalized spacial score (nSPS) is 14.0. The molecule has 0 spiro atoms. The van der Waals surface area contributed by atoms with Crippen LogP contribution in [0.25, 0.3) is 11.4 Å². The number of benzene rings is 2. The van der Waals surface area contributed by atoms with Gasteiger partial charge in [0.15, 0.2) is 5.78 Å². The Balaban J connectivity index is 1.82. The molecule has 1 N–H and O–H groups in total. The van der Waals surface area contributed by atoms with Crippen LogP contribution in [0.4, 0.5) is 13.2 Å². The summed E-state index contributed by atoms with van der Waals surface area (Å²) >= 11 is 12.1. The number of imidazole rings is 1. The molecule has 0 saturated carbocycles. The zero-order chi connectivity index (χ0) is 20.8. The van der Waals surface area contributed by atoms with Crippen molar-refractivity contribution in [1.29, 1.82) is 0 Å². The van der Waals surface area contributed by atoms with E-state index in [1.54, 1.807) is 12.1 Å². The van der Waals surface area contributed by atoms with E-state index in [-0.39, 0.29) is 51.2 Å². The van der Waals surface area contributed by atoms with Gasteiger partial charge in [0.25, 0.3) is 0 Å². The molecule has 0 bridgehead atoms. The zero-order valence-electron chi connectivity index (χ0n) is 14.9. The fraction of sp³-hybridized carbons (Fsp3) is 0.200. The van der Waals surface area contributed by atoms with Gasteiger partial charge in [-0.05, 0) is 18.2 Å². The summed E-state index contributed by atoms with van der Waals surface area (Å²) in [6.45, 7) is 0.710. The first-order chi connectivity index (χ1) is 13.8. The van der Waals surface area contributed by atoms with E-state index in [9.17, 15) is 18.0 Å². The lowest BCUT2D eigenvalue weighted by Crippen LogP contribution is -2.28. The van der Waals surface area contributed by atoms with E-state index >= 15 is 0 Å². The topological polar surface area (TPSA) is 46.9 Å². The lowest BCUT2D eigenvalue weighted by molar-refractivity contribution is -0.204. The van der Waals surface area contributed by atoms with Crippen molar-refractivity contribution in [2.45, 2.75) is 19.3 Å². The highest BCUT2D eigenvalue weighted by Crippen LogP contribution is 2.35. The molecule has 4 nitrogen and oxygen atoms in total. The van der Waals surface area contributed by atoms with Crippen LogP contribution in [-0.4, -0.2) is 21.9 Å². The highest BCUT2D eigenvalue weighted by molar-refractivity contribution is 6.44. The summed E-state index contributed by atoms with van der Waals surface area (Å²) in [7, 11) is 0. The lowest BCUT2D eigenvalue weighted by atomic mass is 10.0. The maximum atomic E-state index is 13.8. The maximum absolute atomic E-state index is 13.8. The Morgan fingerprint density at radius 1 is 1.14 bits per heavy atom. The predicted molar refractivity (Wildman–Crippen MR) is 104 cm³/mol. The van der Waals surface area contributed by atoms with E-state index in [1.165, 1.54) is 30.3 Å². The van der Waals surface area contributed by atoms with Gasteiger partial charge in [-0.3, -0.25) is 4.79 Å². The van der Waals surface area contributed by atoms with Crippen molar-refractivity contribution in [3.8, 4) is 11.4 Å². The molecule has 9 heteroatoms. The standard InChI is InChI=1S/C20H14Cl2F3N3O/c21-14-6-2-5-13(17(14)22)18(29)11-3-1-4-12(9-11)19-27-15-10-26-8-7-16(15)28(19)20(23,24)25/h1-6,9,26H,7-8,10H2. The molecule has 0 radical (unpaired) electrons. The third-order valence-electron chi connectivity index (χ3n) is 4.72. The number of ketones is 1. The SMILES string of the molecule is O=C(c1cccc(-c2nc3c(n2C(F)(F)F)CCNC3)c1)c1cccc(Cl)c1Cl. The molecule has 2 heterocycles. The molecule has 1 aliphatic heterocycles. The Morgan fingerprint density at radius 3 is 2.66 bits per heavy atom. The van der Waals surface area contributed by atoms with Crippen LogP contribution in [-0.2, 0) is 19.3 Å². The molecule has 29 heavy (non-hydrogen) atoms. The van der Waals surface area contributed by atoms with Gasteiger partial charge in [0.1, 0.15) is 5.82 Å².